The summed E-state index contributed by atoms with van der Waals surface area (Å²) in [5.41, 5.74) is 2.47. The maximum atomic E-state index is 13.9. The van der Waals surface area contributed by atoms with Crippen molar-refractivity contribution in [1.29, 1.82) is 0 Å². The Balaban J connectivity index is 1.77. The van der Waals surface area contributed by atoms with E-state index >= 15 is 0 Å². The molecule has 3 aromatic rings. The first-order valence-corrected chi connectivity index (χ1v) is 12.0. The third-order valence-electron chi connectivity index (χ3n) is 4.68. The Morgan fingerprint density at radius 3 is 2.87 bits per heavy atom. The van der Waals surface area contributed by atoms with E-state index in [1.807, 2.05) is 0 Å². The van der Waals surface area contributed by atoms with Crippen molar-refractivity contribution >= 4 is 43.9 Å². The van der Waals surface area contributed by atoms with Crippen LogP contribution in [0.1, 0.15) is 12.0 Å². The third-order valence-corrected chi connectivity index (χ3v) is 5.33. The SMILES string of the molecule is C=Cc1cc(N=S(C)(C)=O)cc2ncnc(Nc3ccc(F)cc3O[C@H]3CCOC3)c12. The standard InChI is InChI=1S/C22H23FN4O3S/c1-4-14-9-16(27-31(2,3)28)11-19-21(14)22(25-13-24-19)26-18-6-5-15(23)10-20(18)30-17-7-8-29-12-17/h4-6,9-11,13,17H,1,7-8,12H2,2-3H3,(H,24,25,26)/t17-/m0/s1. The molecule has 31 heavy (non-hydrogen) atoms. The molecule has 1 aliphatic rings. The van der Waals surface area contributed by atoms with Crippen LogP contribution in [0.25, 0.3) is 17.0 Å². The minimum absolute atomic E-state index is 0.129. The molecule has 2 aromatic carbocycles. The molecule has 0 spiro atoms. The number of hydrogen-bond donors (Lipinski definition) is 1. The van der Waals surface area contributed by atoms with E-state index in [1.165, 1.54) is 18.5 Å². The summed E-state index contributed by atoms with van der Waals surface area (Å²) in [5.74, 6) is 0.498. The Labute approximate surface area is 180 Å². The molecule has 0 amide bonds. The minimum atomic E-state index is -2.33. The van der Waals surface area contributed by atoms with Gasteiger partial charge < -0.3 is 14.8 Å². The third kappa shape index (κ3) is 5.00. The van der Waals surface area contributed by atoms with Crippen LogP contribution in [-0.4, -0.2) is 46.0 Å². The monoisotopic (exact) mass is 442 g/mol. The van der Waals surface area contributed by atoms with Crippen LogP contribution in [-0.2, 0) is 14.5 Å². The lowest BCUT2D eigenvalue weighted by Gasteiger charge is -2.17. The summed E-state index contributed by atoms with van der Waals surface area (Å²) in [4.78, 5) is 8.72. The van der Waals surface area contributed by atoms with Gasteiger partial charge in [0.1, 0.15) is 29.8 Å². The van der Waals surface area contributed by atoms with Crippen LogP contribution in [0, 0.1) is 5.82 Å². The smallest absolute Gasteiger partial charge is 0.146 e. The first-order chi connectivity index (χ1) is 14.8. The number of benzene rings is 2. The number of halogens is 1. The zero-order valence-corrected chi connectivity index (χ0v) is 18.1. The van der Waals surface area contributed by atoms with Crippen molar-refractivity contribution in [1.82, 2.24) is 9.97 Å². The molecule has 0 unspecified atom stereocenters. The van der Waals surface area contributed by atoms with Crippen LogP contribution >= 0.6 is 0 Å². The highest BCUT2D eigenvalue weighted by molar-refractivity contribution is 7.92. The molecule has 1 aliphatic heterocycles. The molecule has 0 aliphatic carbocycles. The van der Waals surface area contributed by atoms with Crippen molar-refractivity contribution in [3.05, 3.63) is 54.6 Å². The van der Waals surface area contributed by atoms with Gasteiger partial charge in [-0.25, -0.2) is 18.6 Å². The fourth-order valence-electron chi connectivity index (χ4n) is 3.38. The van der Waals surface area contributed by atoms with Crippen LogP contribution in [0.15, 0.2) is 47.6 Å². The first kappa shape index (κ1) is 21.2. The summed E-state index contributed by atoms with van der Waals surface area (Å²) in [5, 5.41) is 3.96. The Morgan fingerprint density at radius 1 is 1.32 bits per heavy atom. The van der Waals surface area contributed by atoms with Crippen LogP contribution in [0.2, 0.25) is 0 Å². The Hall–Kier alpha value is -3.04. The van der Waals surface area contributed by atoms with Crippen molar-refractivity contribution in [2.45, 2.75) is 12.5 Å². The predicted octanol–water partition coefficient (Wildman–Crippen LogP) is 4.68. The molecule has 7 nitrogen and oxygen atoms in total. The average molecular weight is 443 g/mol. The summed E-state index contributed by atoms with van der Waals surface area (Å²) in [6, 6.07) is 7.84. The summed E-state index contributed by atoms with van der Waals surface area (Å²) >= 11 is 0. The van der Waals surface area contributed by atoms with Gasteiger partial charge in [-0.3, -0.25) is 0 Å². The number of anilines is 2. The molecule has 1 N–H and O–H groups in total. The van der Waals surface area contributed by atoms with E-state index in [9.17, 15) is 8.60 Å². The second-order valence-corrected chi connectivity index (χ2v) is 10.0. The molecule has 9 heteroatoms. The van der Waals surface area contributed by atoms with E-state index in [0.717, 1.165) is 17.4 Å². The Kier molecular flexibility index (Phi) is 5.88. The maximum Gasteiger partial charge on any atom is 0.146 e. The lowest BCUT2D eigenvalue weighted by molar-refractivity contribution is 0.141. The number of rotatable bonds is 6. The lowest BCUT2D eigenvalue weighted by Crippen LogP contribution is -2.16. The molecule has 2 heterocycles. The van der Waals surface area contributed by atoms with Crippen LogP contribution in [0.4, 0.5) is 21.6 Å². The van der Waals surface area contributed by atoms with Crippen molar-refractivity contribution < 1.29 is 18.1 Å². The highest BCUT2D eigenvalue weighted by atomic mass is 32.2. The summed E-state index contributed by atoms with van der Waals surface area (Å²) < 4.78 is 41.6. The zero-order chi connectivity index (χ0) is 22.0. The summed E-state index contributed by atoms with van der Waals surface area (Å²) in [6.07, 6.45) is 6.85. The molecular weight excluding hydrogens is 419 g/mol. The summed E-state index contributed by atoms with van der Waals surface area (Å²) in [6.45, 7) is 4.97. The largest absolute Gasteiger partial charge is 0.486 e. The van der Waals surface area contributed by atoms with Crippen molar-refractivity contribution in [2.75, 3.05) is 31.0 Å². The van der Waals surface area contributed by atoms with Gasteiger partial charge in [-0.1, -0.05) is 12.7 Å². The minimum Gasteiger partial charge on any atom is -0.486 e. The van der Waals surface area contributed by atoms with Crippen LogP contribution in [0.5, 0.6) is 5.75 Å². The number of ether oxygens (including phenoxy) is 2. The first-order valence-electron chi connectivity index (χ1n) is 9.72. The van der Waals surface area contributed by atoms with Gasteiger partial charge in [0, 0.05) is 34.7 Å². The van der Waals surface area contributed by atoms with Gasteiger partial charge in [-0.15, -0.1) is 0 Å². The maximum absolute atomic E-state index is 13.9. The van der Waals surface area contributed by atoms with Gasteiger partial charge in [-0.05, 0) is 29.8 Å². The van der Waals surface area contributed by atoms with E-state index in [2.05, 4.69) is 26.2 Å². The van der Waals surface area contributed by atoms with E-state index in [0.29, 0.717) is 41.7 Å². The van der Waals surface area contributed by atoms with Crippen molar-refractivity contribution in [3.8, 4) is 5.75 Å². The lowest BCUT2D eigenvalue weighted by atomic mass is 10.1. The Morgan fingerprint density at radius 2 is 2.16 bits per heavy atom. The van der Waals surface area contributed by atoms with E-state index in [-0.39, 0.29) is 6.10 Å². The highest BCUT2D eigenvalue weighted by Gasteiger charge is 2.20. The van der Waals surface area contributed by atoms with Gasteiger partial charge in [0.2, 0.25) is 0 Å². The molecule has 0 bridgehead atoms. The number of aromatic nitrogens is 2. The van der Waals surface area contributed by atoms with Crippen molar-refractivity contribution in [3.63, 3.8) is 0 Å². The summed E-state index contributed by atoms with van der Waals surface area (Å²) in [7, 11) is -2.33. The van der Waals surface area contributed by atoms with Gasteiger partial charge in [0.05, 0.1) is 35.5 Å². The molecule has 1 aromatic heterocycles. The molecule has 4 rings (SSSR count). The van der Waals surface area contributed by atoms with Crippen molar-refractivity contribution in [2.24, 2.45) is 4.36 Å². The van der Waals surface area contributed by atoms with Crippen LogP contribution in [0.3, 0.4) is 0 Å². The number of nitrogens with zero attached hydrogens (tertiary/aromatic N) is 3. The molecule has 1 atom stereocenters. The normalized spacial score (nSPS) is 16.3. The number of hydrogen-bond acceptors (Lipinski definition) is 7. The van der Waals surface area contributed by atoms with Gasteiger partial charge in [-0.2, -0.15) is 4.36 Å². The second kappa shape index (κ2) is 8.60. The van der Waals surface area contributed by atoms with E-state index in [1.54, 1.807) is 36.8 Å². The number of fused-ring (bicyclic) bond motifs is 1. The van der Waals surface area contributed by atoms with Crippen LogP contribution < -0.4 is 10.1 Å². The van der Waals surface area contributed by atoms with E-state index in [4.69, 9.17) is 9.47 Å². The molecule has 1 saturated heterocycles. The van der Waals surface area contributed by atoms with Gasteiger partial charge in [0.25, 0.3) is 0 Å². The fraction of sp³-hybridized carbons (Fsp3) is 0.273. The van der Waals surface area contributed by atoms with Gasteiger partial charge in [0.15, 0.2) is 0 Å². The molecule has 0 radical (unpaired) electrons. The molecule has 1 fully saturated rings. The second-order valence-electron chi connectivity index (χ2n) is 7.50. The van der Waals surface area contributed by atoms with Gasteiger partial charge >= 0.3 is 0 Å². The molecule has 162 valence electrons. The highest BCUT2D eigenvalue weighted by Crippen LogP contribution is 2.35. The fourth-order valence-corrected chi connectivity index (χ4v) is 3.99. The number of nitrogens with one attached hydrogen (secondary N) is 1. The van der Waals surface area contributed by atoms with E-state index < -0.39 is 15.5 Å². The average Bonchev–Trinajstić information content (AvgIpc) is 3.21. The molecule has 0 saturated carbocycles. The predicted molar refractivity (Wildman–Crippen MR) is 121 cm³/mol. The zero-order valence-electron chi connectivity index (χ0n) is 17.3. The quantitative estimate of drug-likeness (QED) is 0.596. The molecular formula is C22H23FN4O3S. The Bertz CT molecular complexity index is 1260. The topological polar surface area (TPSA) is 85.7 Å².